The van der Waals surface area contributed by atoms with Gasteiger partial charge in [-0.25, -0.2) is 4.98 Å². The van der Waals surface area contributed by atoms with Crippen molar-refractivity contribution >= 4 is 55.2 Å². The van der Waals surface area contributed by atoms with Gasteiger partial charge in [0.15, 0.2) is 22.1 Å². The predicted octanol–water partition coefficient (Wildman–Crippen LogP) is 5.52. The van der Waals surface area contributed by atoms with Crippen molar-refractivity contribution in [2.24, 2.45) is 0 Å². The van der Waals surface area contributed by atoms with E-state index in [1.807, 2.05) is 0 Å². The first kappa shape index (κ1) is 20.7. The van der Waals surface area contributed by atoms with Crippen LogP contribution in [0.1, 0.15) is 27.7 Å². The minimum Gasteiger partial charge on any atom is -0.504 e. The van der Waals surface area contributed by atoms with E-state index < -0.39 is 11.9 Å². The van der Waals surface area contributed by atoms with E-state index in [1.54, 1.807) is 54.6 Å². The SMILES string of the molecule is COc1cc([C@H]2c3c(oc4ccccc4c3=O)C(=O)N2c2nc3ccc(Cl)cc3s2)ccc1O. The number of hydrogen-bond donors (Lipinski definition) is 1. The fraction of sp³-hybridized carbons (Fsp3) is 0.0800. The van der Waals surface area contributed by atoms with E-state index in [2.05, 4.69) is 4.98 Å². The van der Waals surface area contributed by atoms with Crippen molar-refractivity contribution in [1.82, 2.24) is 4.98 Å². The molecule has 3 heterocycles. The summed E-state index contributed by atoms with van der Waals surface area (Å²) in [7, 11) is 1.43. The van der Waals surface area contributed by atoms with Gasteiger partial charge in [0.1, 0.15) is 5.58 Å². The number of para-hydroxylation sites is 1. The molecule has 34 heavy (non-hydrogen) atoms. The van der Waals surface area contributed by atoms with Crippen molar-refractivity contribution in [2.45, 2.75) is 6.04 Å². The molecule has 1 aliphatic rings. The number of benzene rings is 3. The first-order chi connectivity index (χ1) is 16.5. The van der Waals surface area contributed by atoms with Crippen LogP contribution in [0.15, 0.2) is 69.9 Å². The second kappa shape index (κ2) is 7.58. The number of phenolic OH excluding ortho intramolecular Hbond substituents is 1. The number of carbonyl (C=O) groups is 1. The van der Waals surface area contributed by atoms with Crippen LogP contribution < -0.4 is 15.1 Å². The second-order valence-electron chi connectivity index (χ2n) is 7.79. The van der Waals surface area contributed by atoms with Crippen LogP contribution in [0, 0.1) is 0 Å². The maximum absolute atomic E-state index is 13.7. The standard InChI is InChI=1S/C25H15ClN2O5S/c1-32-18-10-12(6-9-16(18)29)21-20-22(30)14-4-2-3-5-17(14)33-23(20)24(31)28(21)25-27-15-8-7-13(26)11-19(15)34-25/h2-11,21,29H,1H3/t21-/m0/s1. The topological polar surface area (TPSA) is 92.9 Å². The minimum atomic E-state index is -0.825. The van der Waals surface area contributed by atoms with Gasteiger partial charge in [0, 0.05) is 5.02 Å². The maximum Gasteiger partial charge on any atom is 0.297 e. The van der Waals surface area contributed by atoms with Crippen molar-refractivity contribution < 1.29 is 19.1 Å². The molecule has 1 amide bonds. The van der Waals surface area contributed by atoms with Gasteiger partial charge < -0.3 is 14.3 Å². The number of rotatable bonds is 3. The molecule has 5 aromatic rings. The average Bonchev–Trinajstić information content (AvgIpc) is 3.38. The number of fused-ring (bicyclic) bond motifs is 3. The number of carbonyl (C=O) groups excluding carboxylic acids is 1. The fourth-order valence-corrected chi connectivity index (χ4v) is 5.55. The summed E-state index contributed by atoms with van der Waals surface area (Å²) >= 11 is 7.44. The quantitative estimate of drug-likeness (QED) is 0.358. The number of amides is 1. The maximum atomic E-state index is 13.7. The number of nitrogens with zero attached hydrogens (tertiary/aromatic N) is 2. The summed E-state index contributed by atoms with van der Waals surface area (Å²) in [6.07, 6.45) is 0. The molecular weight excluding hydrogens is 476 g/mol. The number of aromatic nitrogens is 1. The predicted molar refractivity (Wildman–Crippen MR) is 130 cm³/mol. The monoisotopic (exact) mass is 490 g/mol. The lowest BCUT2D eigenvalue weighted by molar-refractivity contribution is 0.0971. The molecule has 6 rings (SSSR count). The summed E-state index contributed by atoms with van der Waals surface area (Å²) in [6.45, 7) is 0. The third-order valence-corrected chi connectivity index (χ3v) is 7.09. The third-order valence-electron chi connectivity index (χ3n) is 5.84. The Labute approximate surface area is 201 Å². The molecule has 0 fully saturated rings. The highest BCUT2D eigenvalue weighted by atomic mass is 35.5. The molecule has 1 atom stereocenters. The lowest BCUT2D eigenvalue weighted by Gasteiger charge is -2.23. The number of halogens is 1. The molecular formula is C25H15ClN2O5S. The zero-order valence-electron chi connectivity index (χ0n) is 17.6. The molecule has 168 valence electrons. The van der Waals surface area contributed by atoms with Gasteiger partial charge in [-0.2, -0.15) is 0 Å². The van der Waals surface area contributed by atoms with Crippen LogP contribution in [-0.2, 0) is 0 Å². The number of hydrogen-bond acceptors (Lipinski definition) is 7. The van der Waals surface area contributed by atoms with Gasteiger partial charge in [0.05, 0.1) is 34.3 Å². The van der Waals surface area contributed by atoms with Gasteiger partial charge in [-0.3, -0.25) is 14.5 Å². The number of anilines is 1. The molecule has 0 aliphatic carbocycles. The van der Waals surface area contributed by atoms with E-state index in [4.69, 9.17) is 20.8 Å². The first-order valence-corrected chi connectivity index (χ1v) is 11.5. The van der Waals surface area contributed by atoms with Crippen LogP contribution in [0.4, 0.5) is 5.13 Å². The molecule has 0 saturated heterocycles. The van der Waals surface area contributed by atoms with Crippen molar-refractivity contribution in [2.75, 3.05) is 12.0 Å². The highest BCUT2D eigenvalue weighted by Crippen LogP contribution is 2.45. The van der Waals surface area contributed by atoms with E-state index in [1.165, 1.54) is 29.4 Å². The Balaban J connectivity index is 1.64. The number of aromatic hydroxyl groups is 1. The Morgan fingerprint density at radius 3 is 2.76 bits per heavy atom. The number of phenols is 1. The van der Waals surface area contributed by atoms with Gasteiger partial charge in [0.25, 0.3) is 5.91 Å². The van der Waals surface area contributed by atoms with Crippen molar-refractivity contribution in [3.8, 4) is 11.5 Å². The van der Waals surface area contributed by atoms with Crippen molar-refractivity contribution in [3.63, 3.8) is 0 Å². The lowest BCUT2D eigenvalue weighted by Crippen LogP contribution is -2.29. The average molecular weight is 491 g/mol. The fourth-order valence-electron chi connectivity index (χ4n) is 4.29. The van der Waals surface area contributed by atoms with E-state index in [9.17, 15) is 14.7 Å². The molecule has 9 heteroatoms. The Morgan fingerprint density at radius 2 is 1.94 bits per heavy atom. The normalized spacial score (nSPS) is 15.3. The largest absolute Gasteiger partial charge is 0.504 e. The van der Waals surface area contributed by atoms with Gasteiger partial charge in [-0.15, -0.1) is 0 Å². The molecule has 0 bridgehead atoms. The zero-order valence-corrected chi connectivity index (χ0v) is 19.2. The summed E-state index contributed by atoms with van der Waals surface area (Å²) in [5.41, 5.74) is 1.50. The van der Waals surface area contributed by atoms with Crippen molar-refractivity contribution in [1.29, 1.82) is 0 Å². The first-order valence-electron chi connectivity index (χ1n) is 10.3. The summed E-state index contributed by atoms with van der Waals surface area (Å²) in [5, 5.41) is 11.4. The summed E-state index contributed by atoms with van der Waals surface area (Å²) < 4.78 is 12.0. The third kappa shape index (κ3) is 2.99. The molecule has 3 aromatic carbocycles. The Morgan fingerprint density at radius 1 is 1.12 bits per heavy atom. The molecule has 1 N–H and O–H groups in total. The van der Waals surface area contributed by atoms with Crippen LogP contribution in [0.5, 0.6) is 11.5 Å². The molecule has 0 spiro atoms. The second-order valence-corrected chi connectivity index (χ2v) is 9.23. The van der Waals surface area contributed by atoms with E-state index >= 15 is 0 Å². The highest BCUT2D eigenvalue weighted by molar-refractivity contribution is 7.22. The number of methoxy groups -OCH3 is 1. The van der Waals surface area contributed by atoms with Crippen molar-refractivity contribution in [3.05, 3.63) is 92.8 Å². The zero-order chi connectivity index (χ0) is 23.6. The Hall–Kier alpha value is -3.88. The Bertz CT molecular complexity index is 1690. The smallest absolute Gasteiger partial charge is 0.297 e. The Kier molecular flexibility index (Phi) is 4.62. The molecule has 0 radical (unpaired) electrons. The minimum absolute atomic E-state index is 0.0296. The van der Waals surface area contributed by atoms with Gasteiger partial charge in [-0.1, -0.05) is 41.1 Å². The van der Waals surface area contributed by atoms with Gasteiger partial charge in [-0.05, 0) is 48.0 Å². The summed E-state index contributed by atoms with van der Waals surface area (Å²) in [6, 6.07) is 16.0. The van der Waals surface area contributed by atoms with Gasteiger partial charge >= 0.3 is 0 Å². The summed E-state index contributed by atoms with van der Waals surface area (Å²) in [5.74, 6) is -0.333. The van der Waals surface area contributed by atoms with E-state index in [0.717, 1.165) is 4.70 Å². The van der Waals surface area contributed by atoms with Crippen LogP contribution in [0.3, 0.4) is 0 Å². The molecule has 0 unspecified atom stereocenters. The highest BCUT2D eigenvalue weighted by Gasteiger charge is 2.45. The van der Waals surface area contributed by atoms with Gasteiger partial charge in [0.2, 0.25) is 5.76 Å². The molecule has 2 aromatic heterocycles. The lowest BCUT2D eigenvalue weighted by atomic mass is 9.98. The van der Waals surface area contributed by atoms with E-state index in [0.29, 0.717) is 32.2 Å². The van der Waals surface area contributed by atoms with Crippen LogP contribution in [-0.4, -0.2) is 23.1 Å². The molecule has 1 aliphatic heterocycles. The van der Waals surface area contributed by atoms with E-state index in [-0.39, 0.29) is 28.3 Å². The summed E-state index contributed by atoms with van der Waals surface area (Å²) in [4.78, 5) is 33.4. The van der Waals surface area contributed by atoms with Crippen LogP contribution in [0.2, 0.25) is 5.02 Å². The van der Waals surface area contributed by atoms with Crippen LogP contribution in [0.25, 0.3) is 21.2 Å². The number of ether oxygens (including phenoxy) is 1. The van der Waals surface area contributed by atoms with Crippen LogP contribution >= 0.6 is 22.9 Å². The number of thiazole rings is 1. The molecule has 0 saturated carbocycles. The molecule has 7 nitrogen and oxygen atoms in total.